The first-order valence-corrected chi connectivity index (χ1v) is 16.3. The van der Waals surface area contributed by atoms with Gasteiger partial charge in [0.1, 0.15) is 34.6 Å². The highest BCUT2D eigenvalue weighted by atomic mass is 19.1. The van der Waals surface area contributed by atoms with Gasteiger partial charge >= 0.3 is 0 Å². The van der Waals surface area contributed by atoms with Crippen LogP contribution in [0.3, 0.4) is 0 Å². The molecule has 1 saturated heterocycles. The molecular weight excluding hydrogens is 651 g/mol. The van der Waals surface area contributed by atoms with E-state index < -0.39 is 17.3 Å². The number of carbonyl (C=O) groups excluding carboxylic acids is 1. The van der Waals surface area contributed by atoms with Crippen LogP contribution in [0.1, 0.15) is 10.4 Å². The second-order valence-electron chi connectivity index (χ2n) is 12.0. The van der Waals surface area contributed by atoms with E-state index in [-0.39, 0.29) is 5.56 Å². The molecule has 5 heterocycles. The van der Waals surface area contributed by atoms with Crippen molar-refractivity contribution in [2.45, 2.75) is 0 Å². The van der Waals surface area contributed by atoms with Gasteiger partial charge in [-0.05, 0) is 78.4 Å². The van der Waals surface area contributed by atoms with Crippen LogP contribution >= 0.6 is 0 Å². The number of rotatable bonds is 8. The van der Waals surface area contributed by atoms with Crippen LogP contribution in [0.5, 0.6) is 11.6 Å². The molecule has 13 heteroatoms. The van der Waals surface area contributed by atoms with Crippen LogP contribution in [0.15, 0.2) is 119 Å². The molecule has 7 aromatic rings. The molecular formula is C38H31FN8O4. The van der Waals surface area contributed by atoms with Gasteiger partial charge in [0.25, 0.3) is 11.5 Å². The van der Waals surface area contributed by atoms with E-state index in [1.165, 1.54) is 47.4 Å². The summed E-state index contributed by atoms with van der Waals surface area (Å²) in [5.41, 5.74) is 4.26. The lowest BCUT2D eigenvalue weighted by atomic mass is 10.0. The monoisotopic (exact) mass is 682 g/mol. The minimum Gasteiger partial charge on any atom is -0.438 e. The summed E-state index contributed by atoms with van der Waals surface area (Å²) in [4.78, 5) is 37.5. The molecule has 1 aliphatic heterocycles. The van der Waals surface area contributed by atoms with Crippen molar-refractivity contribution in [2.75, 3.05) is 36.4 Å². The lowest BCUT2D eigenvalue weighted by molar-refractivity contribution is 0.102. The van der Waals surface area contributed by atoms with Crippen molar-refractivity contribution in [3.05, 3.63) is 132 Å². The van der Waals surface area contributed by atoms with Crippen LogP contribution in [0, 0.1) is 5.82 Å². The smallest absolute Gasteiger partial charge is 0.267 e. The first-order chi connectivity index (χ1) is 24.9. The van der Waals surface area contributed by atoms with E-state index in [1.54, 1.807) is 41.2 Å². The van der Waals surface area contributed by atoms with Crippen molar-refractivity contribution in [2.24, 2.45) is 7.05 Å². The van der Waals surface area contributed by atoms with Gasteiger partial charge in [0.05, 0.1) is 11.8 Å². The molecule has 12 nitrogen and oxygen atoms in total. The number of fused-ring (bicyclic) bond motifs is 1. The summed E-state index contributed by atoms with van der Waals surface area (Å²) >= 11 is 0. The van der Waals surface area contributed by atoms with Gasteiger partial charge in [-0.1, -0.05) is 12.1 Å². The Morgan fingerprint density at radius 3 is 2.39 bits per heavy atom. The fourth-order valence-electron chi connectivity index (χ4n) is 6.15. The summed E-state index contributed by atoms with van der Waals surface area (Å²) in [6.45, 7) is 3.76. The van der Waals surface area contributed by atoms with Gasteiger partial charge in [-0.2, -0.15) is 5.10 Å². The fraction of sp³-hybridized carbons (Fsp3) is 0.132. The number of amides is 1. The van der Waals surface area contributed by atoms with E-state index in [0.29, 0.717) is 39.9 Å². The predicted molar refractivity (Wildman–Crippen MR) is 191 cm³/mol. The Morgan fingerprint density at radius 1 is 0.922 bits per heavy atom. The quantitative estimate of drug-likeness (QED) is 0.197. The molecule has 0 radical (unpaired) electrons. The van der Waals surface area contributed by atoms with Crippen LogP contribution < -0.4 is 25.8 Å². The van der Waals surface area contributed by atoms with Crippen molar-refractivity contribution < 1.29 is 18.3 Å². The SMILES string of the molecule is Cn1cc(-c2oc3ncnc(Oc4ccc(NC(=O)c5cccn(-c6ccc(F)cc6)c5=O)cc4)c3c2-c2ccc(N3CCNCC3)cc2)cn1. The summed E-state index contributed by atoms with van der Waals surface area (Å²) in [6.07, 6.45) is 6.53. The maximum absolute atomic E-state index is 13.4. The molecule has 0 bridgehead atoms. The third-order valence-electron chi connectivity index (χ3n) is 8.68. The number of pyridine rings is 1. The van der Waals surface area contributed by atoms with E-state index in [4.69, 9.17) is 9.15 Å². The number of aromatic nitrogens is 5. The lowest BCUT2D eigenvalue weighted by Gasteiger charge is -2.29. The Labute approximate surface area is 290 Å². The van der Waals surface area contributed by atoms with E-state index in [0.717, 1.165) is 48.6 Å². The van der Waals surface area contributed by atoms with E-state index >= 15 is 0 Å². The number of furan rings is 1. The van der Waals surface area contributed by atoms with Gasteiger partial charge in [-0.25, -0.2) is 14.4 Å². The molecule has 1 fully saturated rings. The molecule has 8 rings (SSSR count). The van der Waals surface area contributed by atoms with Crippen molar-refractivity contribution in [1.29, 1.82) is 0 Å². The molecule has 254 valence electrons. The highest BCUT2D eigenvalue weighted by Crippen LogP contribution is 2.44. The Kier molecular flexibility index (Phi) is 8.30. The number of hydrogen-bond acceptors (Lipinski definition) is 9. The number of anilines is 2. The van der Waals surface area contributed by atoms with Gasteiger partial charge in [-0.15, -0.1) is 0 Å². The number of ether oxygens (including phenoxy) is 1. The topological polar surface area (TPSA) is 132 Å². The summed E-state index contributed by atoms with van der Waals surface area (Å²) < 4.78 is 29.1. The molecule has 0 spiro atoms. The van der Waals surface area contributed by atoms with E-state index in [2.05, 4.69) is 54.9 Å². The van der Waals surface area contributed by atoms with Crippen molar-refractivity contribution >= 4 is 28.4 Å². The van der Waals surface area contributed by atoms with Crippen molar-refractivity contribution in [3.8, 4) is 39.8 Å². The van der Waals surface area contributed by atoms with Crippen LogP contribution in [0.4, 0.5) is 15.8 Å². The van der Waals surface area contributed by atoms with Crippen LogP contribution in [0.25, 0.3) is 39.2 Å². The maximum Gasteiger partial charge on any atom is 0.267 e. The Balaban J connectivity index is 1.08. The average molecular weight is 683 g/mol. The first kappa shape index (κ1) is 31.7. The molecule has 0 aliphatic carbocycles. The summed E-state index contributed by atoms with van der Waals surface area (Å²) in [7, 11) is 1.85. The third-order valence-corrected chi connectivity index (χ3v) is 8.68. The molecule has 51 heavy (non-hydrogen) atoms. The summed E-state index contributed by atoms with van der Waals surface area (Å²) in [5.74, 6) is 0.332. The van der Waals surface area contributed by atoms with E-state index in [9.17, 15) is 14.0 Å². The summed E-state index contributed by atoms with van der Waals surface area (Å²) in [5, 5.41) is 11.1. The van der Waals surface area contributed by atoms with Gasteiger partial charge in [0.2, 0.25) is 11.6 Å². The molecule has 2 N–H and O–H groups in total. The average Bonchev–Trinajstić information content (AvgIpc) is 3.77. The van der Waals surface area contributed by atoms with Crippen LogP contribution in [-0.4, -0.2) is 56.4 Å². The van der Waals surface area contributed by atoms with Gasteiger partial charge in [-0.3, -0.25) is 18.8 Å². The highest BCUT2D eigenvalue weighted by molar-refractivity contribution is 6.04. The minimum atomic E-state index is -0.586. The van der Waals surface area contributed by atoms with Gasteiger partial charge in [0.15, 0.2) is 0 Å². The number of nitrogens with zero attached hydrogens (tertiary/aromatic N) is 6. The first-order valence-electron chi connectivity index (χ1n) is 16.3. The zero-order chi connectivity index (χ0) is 34.9. The standard InChI is InChI=1S/C38H31FN8O4/c1-45-22-25(21-43-45)34-32(24-4-10-28(11-5-24)46-19-16-40-17-20-46)33-36(41-23-42-37(33)51-34)50-30-14-8-27(9-15-30)44-35(48)31-3-2-18-47(38(31)49)29-12-6-26(39)7-13-29/h2-15,18,21-23,40H,16-17,19-20H2,1H3,(H,44,48). The van der Waals surface area contributed by atoms with Gasteiger partial charge in [0, 0.05) is 68.2 Å². The van der Waals surface area contributed by atoms with Crippen molar-refractivity contribution in [3.63, 3.8) is 0 Å². The van der Waals surface area contributed by atoms with E-state index in [1.807, 2.05) is 13.2 Å². The molecule has 3 aromatic carbocycles. The Morgan fingerprint density at radius 2 is 1.67 bits per heavy atom. The van der Waals surface area contributed by atoms with Gasteiger partial charge < -0.3 is 24.7 Å². The number of piperazine rings is 1. The Bertz CT molecular complexity index is 2410. The number of hydrogen-bond donors (Lipinski definition) is 2. The fourth-order valence-corrected chi connectivity index (χ4v) is 6.15. The summed E-state index contributed by atoms with van der Waals surface area (Å²) in [6, 6.07) is 23.5. The maximum atomic E-state index is 13.4. The number of carbonyl (C=O) groups is 1. The molecule has 4 aromatic heterocycles. The number of aryl methyl sites for hydroxylation is 1. The lowest BCUT2D eigenvalue weighted by Crippen LogP contribution is -2.43. The molecule has 1 aliphatic rings. The Hall–Kier alpha value is -6.60. The second kappa shape index (κ2) is 13.4. The van der Waals surface area contributed by atoms with Crippen LogP contribution in [-0.2, 0) is 7.05 Å². The number of benzene rings is 3. The normalized spacial score (nSPS) is 13.0. The molecule has 0 saturated carbocycles. The zero-order valence-corrected chi connectivity index (χ0v) is 27.4. The second-order valence-corrected chi connectivity index (χ2v) is 12.0. The number of halogens is 1. The zero-order valence-electron chi connectivity index (χ0n) is 27.4. The van der Waals surface area contributed by atoms with Crippen molar-refractivity contribution in [1.82, 2.24) is 29.6 Å². The largest absolute Gasteiger partial charge is 0.438 e. The third kappa shape index (κ3) is 6.33. The predicted octanol–water partition coefficient (Wildman–Crippen LogP) is 6.03. The minimum absolute atomic E-state index is 0.0663. The molecule has 1 amide bonds. The molecule has 0 unspecified atom stereocenters. The highest BCUT2D eigenvalue weighted by Gasteiger charge is 2.25. The van der Waals surface area contributed by atoms with Crippen LogP contribution in [0.2, 0.25) is 0 Å². The molecule has 0 atom stereocenters. The number of nitrogens with one attached hydrogen (secondary N) is 2.